The Kier molecular flexibility index (Phi) is 10.1. The number of allylic oxidation sites excluding steroid dienone is 2. The summed E-state index contributed by atoms with van der Waals surface area (Å²) in [6, 6.07) is 9.05. The minimum atomic E-state index is -0.277. The van der Waals surface area contributed by atoms with Crippen molar-refractivity contribution in [3.63, 3.8) is 0 Å². The number of amides is 2. The maximum absolute atomic E-state index is 11.9. The van der Waals surface area contributed by atoms with E-state index in [0.29, 0.717) is 24.8 Å². The van der Waals surface area contributed by atoms with Crippen molar-refractivity contribution in [3.8, 4) is 0 Å². The predicted octanol–water partition coefficient (Wildman–Crippen LogP) is 3.26. The van der Waals surface area contributed by atoms with Crippen LogP contribution in [0, 0.1) is 11.8 Å². The summed E-state index contributed by atoms with van der Waals surface area (Å²) in [6.07, 6.45) is 8.31. The molecule has 2 rings (SSSR count). The van der Waals surface area contributed by atoms with Crippen molar-refractivity contribution in [2.45, 2.75) is 32.1 Å². The van der Waals surface area contributed by atoms with E-state index in [1.165, 1.54) is 7.11 Å². The molecule has 3 N–H and O–H groups in total. The van der Waals surface area contributed by atoms with Gasteiger partial charge in [-0.15, -0.1) is 0 Å². The Bertz CT molecular complexity index is 621. The molecule has 1 aromatic carbocycles. The third-order valence-electron chi connectivity index (χ3n) is 4.81. The molecule has 0 bridgehead atoms. The molecule has 2 unspecified atom stereocenters. The lowest BCUT2D eigenvalue weighted by atomic mass is 9.86. The van der Waals surface area contributed by atoms with E-state index in [2.05, 4.69) is 33.1 Å². The summed E-state index contributed by atoms with van der Waals surface area (Å²) in [5.74, 6) is 0.687. The number of urea groups is 1. The molecular weight excluding hydrogens is 358 g/mol. The predicted molar refractivity (Wildman–Crippen MR) is 109 cm³/mol. The van der Waals surface area contributed by atoms with Gasteiger partial charge in [-0.1, -0.05) is 30.4 Å². The van der Waals surface area contributed by atoms with Gasteiger partial charge in [0.1, 0.15) is 0 Å². The molecule has 7 heteroatoms. The van der Waals surface area contributed by atoms with Gasteiger partial charge in [-0.2, -0.15) is 0 Å². The summed E-state index contributed by atoms with van der Waals surface area (Å²) in [6.45, 7) is 2.18. The largest absolute Gasteiger partial charge is 0.469 e. The number of rotatable bonds is 10. The summed E-state index contributed by atoms with van der Waals surface area (Å²) in [7, 11) is 1.41. The van der Waals surface area contributed by atoms with Gasteiger partial charge >= 0.3 is 12.0 Å². The third-order valence-corrected chi connectivity index (χ3v) is 4.81. The number of esters is 1. The van der Waals surface area contributed by atoms with Crippen molar-refractivity contribution in [1.29, 1.82) is 0 Å². The number of ether oxygens (including phenoxy) is 2. The number of benzene rings is 1. The molecule has 0 aliphatic carbocycles. The summed E-state index contributed by atoms with van der Waals surface area (Å²) in [5.41, 5.74) is 6.49. The molecule has 28 heavy (non-hydrogen) atoms. The second-order valence-electron chi connectivity index (χ2n) is 6.89. The molecule has 1 aliphatic rings. The van der Waals surface area contributed by atoms with Crippen molar-refractivity contribution in [3.05, 3.63) is 42.5 Å². The van der Waals surface area contributed by atoms with Gasteiger partial charge in [0, 0.05) is 31.9 Å². The van der Waals surface area contributed by atoms with E-state index >= 15 is 0 Å². The fraction of sp³-hybridized carbons (Fsp3) is 0.524. The Balaban J connectivity index is 1.65. The summed E-state index contributed by atoms with van der Waals surface area (Å²) in [4.78, 5) is 23.0. The standard InChI is InChI=1S/C21H31N3O4/c1-27-20(25)12-8-3-2-5-9-18-16-28-14-13-17(18)15-22-24-21(26)23-19-10-6-4-7-11-19/h2,4-7,10-11,17-18,22H,3,8-9,12-16H2,1H3,(H2,23,24,26). The molecule has 7 nitrogen and oxygen atoms in total. The van der Waals surface area contributed by atoms with Gasteiger partial charge in [0.2, 0.25) is 0 Å². The van der Waals surface area contributed by atoms with Gasteiger partial charge in [-0.05, 0) is 49.7 Å². The zero-order chi connectivity index (χ0) is 20.0. The maximum Gasteiger partial charge on any atom is 0.333 e. The Morgan fingerprint density at radius 2 is 2.04 bits per heavy atom. The van der Waals surface area contributed by atoms with Crippen LogP contribution in [0.3, 0.4) is 0 Å². The van der Waals surface area contributed by atoms with Crippen LogP contribution in [0.2, 0.25) is 0 Å². The smallest absolute Gasteiger partial charge is 0.333 e. The second kappa shape index (κ2) is 12.9. The molecule has 154 valence electrons. The first-order valence-electron chi connectivity index (χ1n) is 9.83. The second-order valence-corrected chi connectivity index (χ2v) is 6.89. The Morgan fingerprint density at radius 3 is 2.82 bits per heavy atom. The van der Waals surface area contributed by atoms with E-state index in [9.17, 15) is 9.59 Å². The number of carbonyl (C=O) groups is 2. The van der Waals surface area contributed by atoms with E-state index in [4.69, 9.17) is 4.74 Å². The van der Waals surface area contributed by atoms with Crippen molar-refractivity contribution in [2.75, 3.05) is 32.2 Å². The zero-order valence-electron chi connectivity index (χ0n) is 16.5. The van der Waals surface area contributed by atoms with Gasteiger partial charge < -0.3 is 14.8 Å². The van der Waals surface area contributed by atoms with Crippen molar-refractivity contribution >= 4 is 17.7 Å². The van der Waals surface area contributed by atoms with Gasteiger partial charge in [0.05, 0.1) is 7.11 Å². The first-order valence-corrected chi connectivity index (χ1v) is 9.83. The molecule has 1 aromatic rings. The number of carbonyl (C=O) groups excluding carboxylic acids is 2. The van der Waals surface area contributed by atoms with Gasteiger partial charge in [0.25, 0.3) is 0 Å². The van der Waals surface area contributed by atoms with Crippen molar-refractivity contribution in [1.82, 2.24) is 10.9 Å². The number of anilines is 1. The number of hydrogen-bond donors (Lipinski definition) is 3. The highest BCUT2D eigenvalue weighted by Gasteiger charge is 2.24. The number of para-hydroxylation sites is 1. The van der Waals surface area contributed by atoms with Crippen molar-refractivity contribution in [2.24, 2.45) is 11.8 Å². The number of unbranched alkanes of at least 4 members (excludes halogenated alkanes) is 1. The van der Waals surface area contributed by atoms with Crippen LogP contribution in [-0.4, -0.2) is 38.9 Å². The van der Waals surface area contributed by atoms with Gasteiger partial charge in [-0.3, -0.25) is 10.2 Å². The monoisotopic (exact) mass is 389 g/mol. The highest BCUT2D eigenvalue weighted by atomic mass is 16.5. The third kappa shape index (κ3) is 8.54. The van der Waals surface area contributed by atoms with E-state index in [-0.39, 0.29) is 12.0 Å². The van der Waals surface area contributed by atoms with E-state index < -0.39 is 0 Å². The first kappa shape index (κ1) is 21.9. The minimum Gasteiger partial charge on any atom is -0.469 e. The van der Waals surface area contributed by atoms with E-state index in [1.807, 2.05) is 30.3 Å². The average molecular weight is 389 g/mol. The molecule has 2 amide bonds. The summed E-state index contributed by atoms with van der Waals surface area (Å²) in [5, 5.41) is 2.78. The van der Waals surface area contributed by atoms with Crippen LogP contribution in [-0.2, 0) is 14.3 Å². The van der Waals surface area contributed by atoms with Crippen LogP contribution in [0.4, 0.5) is 10.5 Å². The molecule has 1 saturated heterocycles. The topological polar surface area (TPSA) is 88.7 Å². The van der Waals surface area contributed by atoms with Crippen LogP contribution >= 0.6 is 0 Å². The molecule has 1 heterocycles. The first-order chi connectivity index (χ1) is 13.7. The number of hydrazine groups is 1. The van der Waals surface area contributed by atoms with Gasteiger partial charge in [0.15, 0.2) is 0 Å². The van der Waals surface area contributed by atoms with Gasteiger partial charge in [-0.25, -0.2) is 10.2 Å². The van der Waals surface area contributed by atoms with Crippen LogP contribution in [0.25, 0.3) is 0 Å². The number of nitrogens with one attached hydrogen (secondary N) is 3. The molecular formula is C21H31N3O4. The normalized spacial score (nSPS) is 19.3. The number of methoxy groups -OCH3 is 1. The maximum atomic E-state index is 11.9. The highest BCUT2D eigenvalue weighted by molar-refractivity contribution is 5.88. The molecule has 1 aliphatic heterocycles. The molecule has 0 saturated carbocycles. The lowest BCUT2D eigenvalue weighted by Crippen LogP contribution is -2.45. The molecule has 1 fully saturated rings. The van der Waals surface area contributed by atoms with Crippen LogP contribution in [0.1, 0.15) is 32.1 Å². The fourth-order valence-electron chi connectivity index (χ4n) is 3.17. The van der Waals surface area contributed by atoms with E-state index in [1.54, 1.807) is 0 Å². The van der Waals surface area contributed by atoms with Crippen molar-refractivity contribution < 1.29 is 19.1 Å². The van der Waals surface area contributed by atoms with Crippen LogP contribution in [0.15, 0.2) is 42.5 Å². The molecule has 0 aromatic heterocycles. The Hall–Kier alpha value is -2.38. The fourth-order valence-corrected chi connectivity index (χ4v) is 3.17. The van der Waals surface area contributed by atoms with Crippen LogP contribution in [0.5, 0.6) is 0 Å². The SMILES string of the molecule is COC(=O)CCCC=CCC1COCCC1CNNC(=O)Nc1ccccc1. The summed E-state index contributed by atoms with van der Waals surface area (Å²) < 4.78 is 10.3. The minimum absolute atomic E-state index is 0.163. The highest BCUT2D eigenvalue weighted by Crippen LogP contribution is 2.24. The molecule has 2 atom stereocenters. The molecule has 0 spiro atoms. The average Bonchev–Trinajstić information content (AvgIpc) is 2.72. The Morgan fingerprint density at radius 1 is 1.21 bits per heavy atom. The van der Waals surface area contributed by atoms with E-state index in [0.717, 1.165) is 44.6 Å². The zero-order valence-corrected chi connectivity index (χ0v) is 16.5. The van der Waals surface area contributed by atoms with Crippen LogP contribution < -0.4 is 16.2 Å². The summed E-state index contributed by atoms with van der Waals surface area (Å²) >= 11 is 0. The Labute approximate surface area is 166 Å². The quantitative estimate of drug-likeness (QED) is 0.247. The lowest BCUT2D eigenvalue weighted by Gasteiger charge is -2.31. The molecule has 0 radical (unpaired) electrons. The number of hydrogen-bond acceptors (Lipinski definition) is 5. The lowest BCUT2D eigenvalue weighted by molar-refractivity contribution is -0.140.